The van der Waals surface area contributed by atoms with Crippen LogP contribution in [0.15, 0.2) is 0 Å². The SMILES string of the molecule is COCCN(C)CCNC1CCC(C)(C)CC1C. The number of nitrogens with zero attached hydrogens (tertiary/aromatic N) is 1. The zero-order valence-corrected chi connectivity index (χ0v) is 13.0. The zero-order chi connectivity index (χ0) is 13.6. The van der Waals surface area contributed by atoms with E-state index in [0.717, 1.165) is 32.2 Å². The van der Waals surface area contributed by atoms with Crippen LogP contribution in [0.1, 0.15) is 40.0 Å². The molecule has 2 atom stereocenters. The molecular weight excluding hydrogens is 224 g/mol. The summed E-state index contributed by atoms with van der Waals surface area (Å²) in [7, 11) is 3.92. The first-order valence-electron chi connectivity index (χ1n) is 7.35. The topological polar surface area (TPSA) is 24.5 Å². The van der Waals surface area contributed by atoms with Crippen molar-refractivity contribution in [3.63, 3.8) is 0 Å². The molecule has 1 N–H and O–H groups in total. The molecule has 1 aliphatic carbocycles. The third-order valence-corrected chi connectivity index (χ3v) is 4.27. The fourth-order valence-electron chi connectivity index (χ4n) is 3.05. The van der Waals surface area contributed by atoms with Gasteiger partial charge in [0.25, 0.3) is 0 Å². The Hall–Kier alpha value is -0.120. The molecule has 0 spiro atoms. The lowest BCUT2D eigenvalue weighted by molar-refractivity contribution is 0.140. The van der Waals surface area contributed by atoms with Gasteiger partial charge in [0.2, 0.25) is 0 Å². The van der Waals surface area contributed by atoms with E-state index in [1.165, 1.54) is 19.3 Å². The Morgan fingerprint density at radius 2 is 2.06 bits per heavy atom. The van der Waals surface area contributed by atoms with E-state index < -0.39 is 0 Å². The summed E-state index contributed by atoms with van der Waals surface area (Å²) in [5.74, 6) is 0.804. The van der Waals surface area contributed by atoms with Gasteiger partial charge in [0.1, 0.15) is 0 Å². The smallest absolute Gasteiger partial charge is 0.0589 e. The van der Waals surface area contributed by atoms with Gasteiger partial charge in [0.05, 0.1) is 6.61 Å². The molecule has 0 radical (unpaired) electrons. The van der Waals surface area contributed by atoms with Crippen LogP contribution >= 0.6 is 0 Å². The molecule has 0 aromatic heterocycles. The van der Waals surface area contributed by atoms with E-state index in [4.69, 9.17) is 4.74 Å². The quantitative estimate of drug-likeness (QED) is 0.757. The summed E-state index contributed by atoms with van der Waals surface area (Å²) in [6.45, 7) is 11.2. The van der Waals surface area contributed by atoms with E-state index in [1.54, 1.807) is 7.11 Å². The van der Waals surface area contributed by atoms with Crippen molar-refractivity contribution in [3.8, 4) is 0 Å². The predicted octanol–water partition coefficient (Wildman–Crippen LogP) is 2.37. The number of hydrogen-bond donors (Lipinski definition) is 1. The van der Waals surface area contributed by atoms with E-state index in [1.807, 2.05) is 0 Å². The molecule has 0 aromatic carbocycles. The van der Waals surface area contributed by atoms with Gasteiger partial charge in [0.15, 0.2) is 0 Å². The summed E-state index contributed by atoms with van der Waals surface area (Å²) in [4.78, 5) is 2.33. The Labute approximate surface area is 113 Å². The highest BCUT2D eigenvalue weighted by Crippen LogP contribution is 2.38. The molecule has 3 nitrogen and oxygen atoms in total. The van der Waals surface area contributed by atoms with Crippen LogP contribution in [0.2, 0.25) is 0 Å². The Morgan fingerprint density at radius 3 is 2.67 bits per heavy atom. The second-order valence-corrected chi connectivity index (χ2v) is 6.74. The van der Waals surface area contributed by atoms with Gasteiger partial charge in [-0.2, -0.15) is 0 Å². The fraction of sp³-hybridized carbons (Fsp3) is 1.00. The average molecular weight is 256 g/mol. The number of rotatable bonds is 7. The maximum atomic E-state index is 5.09. The lowest BCUT2D eigenvalue weighted by Crippen LogP contribution is -2.44. The number of hydrogen-bond acceptors (Lipinski definition) is 3. The van der Waals surface area contributed by atoms with Crippen molar-refractivity contribution in [2.45, 2.75) is 46.1 Å². The molecule has 0 amide bonds. The number of nitrogens with one attached hydrogen (secondary N) is 1. The minimum Gasteiger partial charge on any atom is -0.383 e. The van der Waals surface area contributed by atoms with Crippen LogP contribution in [0.25, 0.3) is 0 Å². The first-order valence-corrected chi connectivity index (χ1v) is 7.35. The van der Waals surface area contributed by atoms with Crippen LogP contribution in [0.4, 0.5) is 0 Å². The number of methoxy groups -OCH3 is 1. The molecule has 0 heterocycles. The Bertz CT molecular complexity index is 231. The zero-order valence-electron chi connectivity index (χ0n) is 13.0. The molecule has 18 heavy (non-hydrogen) atoms. The Kier molecular flexibility index (Phi) is 6.61. The van der Waals surface area contributed by atoms with E-state index in [-0.39, 0.29) is 0 Å². The van der Waals surface area contributed by atoms with Gasteiger partial charge in [0, 0.05) is 32.8 Å². The Morgan fingerprint density at radius 1 is 1.33 bits per heavy atom. The third kappa shape index (κ3) is 5.68. The van der Waals surface area contributed by atoms with Crippen molar-refractivity contribution < 1.29 is 4.74 Å². The maximum Gasteiger partial charge on any atom is 0.0589 e. The van der Waals surface area contributed by atoms with Gasteiger partial charge < -0.3 is 15.0 Å². The molecule has 1 rings (SSSR count). The molecular formula is C15H32N2O. The molecule has 1 saturated carbocycles. The molecule has 0 bridgehead atoms. The average Bonchev–Trinajstić information content (AvgIpc) is 2.28. The van der Waals surface area contributed by atoms with E-state index in [2.05, 4.69) is 38.0 Å². The summed E-state index contributed by atoms with van der Waals surface area (Å²) < 4.78 is 5.09. The van der Waals surface area contributed by atoms with E-state index in [0.29, 0.717) is 11.5 Å². The van der Waals surface area contributed by atoms with Gasteiger partial charge in [-0.05, 0) is 37.6 Å². The Balaban J connectivity index is 2.16. The van der Waals surface area contributed by atoms with Gasteiger partial charge >= 0.3 is 0 Å². The largest absolute Gasteiger partial charge is 0.383 e. The fourth-order valence-corrected chi connectivity index (χ4v) is 3.05. The highest BCUT2D eigenvalue weighted by molar-refractivity contribution is 4.86. The maximum absolute atomic E-state index is 5.09. The third-order valence-electron chi connectivity index (χ3n) is 4.27. The predicted molar refractivity (Wildman–Crippen MR) is 78.0 cm³/mol. The molecule has 2 unspecified atom stereocenters. The van der Waals surface area contributed by atoms with Crippen LogP contribution in [-0.2, 0) is 4.74 Å². The monoisotopic (exact) mass is 256 g/mol. The molecule has 0 saturated heterocycles. The first-order chi connectivity index (χ1) is 8.44. The minimum absolute atomic E-state index is 0.548. The summed E-state index contributed by atoms with van der Waals surface area (Å²) >= 11 is 0. The van der Waals surface area contributed by atoms with Crippen molar-refractivity contribution in [2.24, 2.45) is 11.3 Å². The standard InChI is InChI=1S/C15H32N2O/c1-13-12-15(2,3)7-6-14(13)16-8-9-17(4)10-11-18-5/h13-14,16H,6-12H2,1-5H3. The van der Waals surface area contributed by atoms with Crippen molar-refractivity contribution >= 4 is 0 Å². The van der Waals surface area contributed by atoms with Crippen molar-refractivity contribution in [3.05, 3.63) is 0 Å². The number of ether oxygens (including phenoxy) is 1. The molecule has 0 aliphatic heterocycles. The molecule has 0 aromatic rings. The molecule has 1 fully saturated rings. The van der Waals surface area contributed by atoms with Gasteiger partial charge in [-0.3, -0.25) is 0 Å². The van der Waals surface area contributed by atoms with Crippen LogP contribution in [-0.4, -0.2) is 51.3 Å². The highest BCUT2D eigenvalue weighted by Gasteiger charge is 2.31. The molecule has 1 aliphatic rings. The van der Waals surface area contributed by atoms with Crippen molar-refractivity contribution in [1.29, 1.82) is 0 Å². The minimum atomic E-state index is 0.548. The highest BCUT2D eigenvalue weighted by atomic mass is 16.5. The normalized spacial score (nSPS) is 27.7. The second kappa shape index (κ2) is 7.46. The first kappa shape index (κ1) is 15.9. The van der Waals surface area contributed by atoms with Crippen LogP contribution in [0, 0.1) is 11.3 Å². The van der Waals surface area contributed by atoms with Crippen molar-refractivity contribution in [1.82, 2.24) is 10.2 Å². The van der Waals surface area contributed by atoms with Crippen molar-refractivity contribution in [2.75, 3.05) is 40.4 Å². The van der Waals surface area contributed by atoms with Gasteiger partial charge in [-0.25, -0.2) is 0 Å². The van der Waals surface area contributed by atoms with Crippen LogP contribution in [0.5, 0.6) is 0 Å². The second-order valence-electron chi connectivity index (χ2n) is 6.74. The van der Waals surface area contributed by atoms with E-state index >= 15 is 0 Å². The molecule has 3 heteroatoms. The summed E-state index contributed by atoms with van der Waals surface area (Å²) in [6, 6.07) is 0.717. The lowest BCUT2D eigenvalue weighted by atomic mass is 9.70. The summed E-state index contributed by atoms with van der Waals surface area (Å²) in [5.41, 5.74) is 0.548. The lowest BCUT2D eigenvalue weighted by Gasteiger charge is -2.39. The summed E-state index contributed by atoms with van der Waals surface area (Å²) in [6.07, 6.45) is 4.04. The summed E-state index contributed by atoms with van der Waals surface area (Å²) in [5, 5.41) is 3.73. The van der Waals surface area contributed by atoms with E-state index in [9.17, 15) is 0 Å². The number of likely N-dealkylation sites (N-methyl/N-ethyl adjacent to an activating group) is 1. The van der Waals surface area contributed by atoms with Crippen LogP contribution in [0.3, 0.4) is 0 Å². The van der Waals surface area contributed by atoms with Crippen LogP contribution < -0.4 is 5.32 Å². The van der Waals surface area contributed by atoms with Gasteiger partial charge in [-0.1, -0.05) is 20.8 Å². The molecule has 108 valence electrons. The van der Waals surface area contributed by atoms with Gasteiger partial charge in [-0.15, -0.1) is 0 Å².